The Balaban J connectivity index is 1.83. The number of piperidine rings is 1. The number of pyridine rings is 1. The van der Waals surface area contributed by atoms with Crippen molar-refractivity contribution in [1.29, 1.82) is 5.26 Å². The van der Waals surface area contributed by atoms with E-state index in [2.05, 4.69) is 11.1 Å². The molecule has 2 bridgehead atoms. The lowest BCUT2D eigenvalue weighted by atomic mass is 9.71. The van der Waals surface area contributed by atoms with Gasteiger partial charge in [0.15, 0.2) is 0 Å². The minimum absolute atomic E-state index is 0.0883. The van der Waals surface area contributed by atoms with Gasteiger partial charge < -0.3 is 4.90 Å². The maximum atomic E-state index is 12.4. The second-order valence-electron chi connectivity index (χ2n) is 6.50. The van der Waals surface area contributed by atoms with Crippen molar-refractivity contribution in [2.24, 2.45) is 0 Å². The number of alkyl halides is 3. The van der Waals surface area contributed by atoms with Gasteiger partial charge in [-0.3, -0.25) is 9.78 Å². The summed E-state index contributed by atoms with van der Waals surface area (Å²) in [6, 6.07) is 3.92. The van der Waals surface area contributed by atoms with Gasteiger partial charge in [-0.05, 0) is 37.3 Å². The van der Waals surface area contributed by atoms with E-state index in [0.717, 1.165) is 18.4 Å². The molecule has 2 aliphatic rings. The van der Waals surface area contributed by atoms with Crippen molar-refractivity contribution < 1.29 is 18.0 Å². The first-order chi connectivity index (χ1) is 11.7. The Hall–Kier alpha value is -2.07. The molecule has 4 nitrogen and oxygen atoms in total. The number of halogens is 4. The van der Waals surface area contributed by atoms with E-state index in [1.165, 1.54) is 12.4 Å². The Morgan fingerprint density at radius 3 is 2.52 bits per heavy atom. The molecule has 0 N–H and O–H groups in total. The lowest BCUT2D eigenvalue weighted by Crippen LogP contribution is -2.46. The van der Waals surface area contributed by atoms with Gasteiger partial charge in [0.25, 0.3) is 5.78 Å². The first-order valence-corrected chi connectivity index (χ1v) is 8.22. The van der Waals surface area contributed by atoms with E-state index < -0.39 is 17.4 Å². The summed E-state index contributed by atoms with van der Waals surface area (Å²) in [7, 11) is 0. The minimum atomic E-state index is -4.87. The molecule has 0 aromatic carbocycles. The fraction of sp³-hybridized carbons (Fsp3) is 0.471. The molecule has 2 aliphatic heterocycles. The Morgan fingerprint density at radius 2 is 2.00 bits per heavy atom. The molecule has 0 aliphatic carbocycles. The van der Waals surface area contributed by atoms with Gasteiger partial charge in [-0.1, -0.05) is 11.6 Å². The monoisotopic (exact) mass is 369 g/mol. The van der Waals surface area contributed by atoms with Crippen molar-refractivity contribution in [2.45, 2.75) is 49.4 Å². The van der Waals surface area contributed by atoms with E-state index in [4.69, 9.17) is 11.6 Å². The zero-order valence-corrected chi connectivity index (χ0v) is 13.9. The smallest absolute Gasteiger partial charge is 0.371 e. The molecular formula is C17H15ClF3N3O. The third-order valence-electron chi connectivity index (χ3n) is 4.99. The molecule has 1 aromatic rings. The number of rotatable bonds is 3. The average molecular weight is 370 g/mol. The predicted octanol–water partition coefficient (Wildman–Crippen LogP) is 3.77. The van der Waals surface area contributed by atoms with Crippen molar-refractivity contribution in [2.75, 3.05) is 0 Å². The van der Waals surface area contributed by atoms with Crippen LogP contribution in [0.15, 0.2) is 30.7 Å². The minimum Gasteiger partial charge on any atom is -0.371 e. The zero-order chi connectivity index (χ0) is 18.2. The van der Waals surface area contributed by atoms with Crippen LogP contribution >= 0.6 is 11.6 Å². The highest BCUT2D eigenvalue weighted by molar-refractivity contribution is 6.30. The molecule has 0 saturated carbocycles. The van der Waals surface area contributed by atoms with Crippen LogP contribution in [0.1, 0.15) is 31.2 Å². The molecule has 2 fully saturated rings. The summed E-state index contributed by atoms with van der Waals surface area (Å²) in [5, 5.41) is 10.2. The van der Waals surface area contributed by atoms with Gasteiger partial charge in [-0.25, -0.2) is 0 Å². The second-order valence-corrected chi connectivity index (χ2v) is 6.94. The molecule has 2 atom stereocenters. The van der Waals surface area contributed by atoms with Crippen LogP contribution in [0, 0.1) is 11.3 Å². The van der Waals surface area contributed by atoms with Crippen molar-refractivity contribution >= 4 is 17.4 Å². The number of allylic oxidation sites excluding steroid dienone is 1. The number of fused-ring (bicyclic) bond motifs is 2. The number of carbonyl (C=O) groups excluding carboxylic acids is 1. The van der Waals surface area contributed by atoms with E-state index in [1.807, 2.05) is 0 Å². The van der Waals surface area contributed by atoms with Gasteiger partial charge in [-0.2, -0.15) is 18.4 Å². The number of hydrogen-bond donors (Lipinski definition) is 0. The predicted molar refractivity (Wildman–Crippen MR) is 84.6 cm³/mol. The van der Waals surface area contributed by atoms with E-state index in [1.54, 1.807) is 17.2 Å². The molecule has 1 aromatic heterocycles. The Labute approximate surface area is 147 Å². The number of ketones is 1. The number of hydrogen-bond acceptors (Lipinski definition) is 4. The van der Waals surface area contributed by atoms with Crippen LogP contribution in [0.4, 0.5) is 13.2 Å². The van der Waals surface area contributed by atoms with Crippen LogP contribution in [-0.2, 0) is 10.2 Å². The van der Waals surface area contributed by atoms with E-state index >= 15 is 0 Å². The van der Waals surface area contributed by atoms with Crippen LogP contribution in [0.5, 0.6) is 0 Å². The molecule has 0 radical (unpaired) electrons. The molecule has 3 heterocycles. The van der Waals surface area contributed by atoms with Crippen LogP contribution < -0.4 is 0 Å². The largest absolute Gasteiger partial charge is 0.454 e. The van der Waals surface area contributed by atoms with Crippen LogP contribution in [-0.4, -0.2) is 33.9 Å². The Morgan fingerprint density at radius 1 is 1.36 bits per heavy atom. The number of carbonyl (C=O) groups is 1. The van der Waals surface area contributed by atoms with Gasteiger partial charge in [-0.15, -0.1) is 0 Å². The normalized spacial score (nSPS) is 29.0. The summed E-state index contributed by atoms with van der Waals surface area (Å²) in [4.78, 5) is 16.9. The summed E-state index contributed by atoms with van der Waals surface area (Å²) >= 11 is 5.99. The van der Waals surface area contributed by atoms with Gasteiger partial charge >= 0.3 is 6.18 Å². The number of nitriles is 1. The Kier molecular flexibility index (Phi) is 4.50. The lowest BCUT2D eigenvalue weighted by Gasteiger charge is -2.43. The molecule has 8 heteroatoms. The molecule has 25 heavy (non-hydrogen) atoms. The van der Waals surface area contributed by atoms with Crippen molar-refractivity contribution in [3.05, 3.63) is 41.3 Å². The van der Waals surface area contributed by atoms with Gasteiger partial charge in [0.2, 0.25) is 0 Å². The first-order valence-electron chi connectivity index (χ1n) is 7.84. The molecule has 0 spiro atoms. The number of nitrogens with zero attached hydrogens (tertiary/aromatic N) is 3. The third kappa shape index (κ3) is 3.36. The van der Waals surface area contributed by atoms with E-state index in [9.17, 15) is 23.2 Å². The molecule has 3 rings (SSSR count). The second kappa shape index (κ2) is 6.34. The quantitative estimate of drug-likeness (QED) is 0.761. The molecule has 0 amide bonds. The van der Waals surface area contributed by atoms with Crippen molar-refractivity contribution in [3.63, 3.8) is 0 Å². The maximum Gasteiger partial charge on any atom is 0.454 e. The first kappa shape index (κ1) is 17.7. The van der Waals surface area contributed by atoms with E-state index in [-0.39, 0.29) is 12.1 Å². The fourth-order valence-corrected chi connectivity index (χ4v) is 4.01. The third-order valence-corrected chi connectivity index (χ3v) is 5.20. The lowest BCUT2D eigenvalue weighted by molar-refractivity contribution is -0.165. The van der Waals surface area contributed by atoms with E-state index in [0.29, 0.717) is 23.9 Å². The molecule has 2 saturated heterocycles. The standard InChI is InChI=1S/C17H15ClF3N3O/c18-12-5-11(8-23-9-12)16(10-22)6-13-1-2-14(7-16)24(13)4-3-15(25)17(19,20)21/h3-5,8-9,13-14H,1-2,6-7H2. The molecule has 132 valence electrons. The highest BCUT2D eigenvalue weighted by atomic mass is 35.5. The van der Waals surface area contributed by atoms with Gasteiger partial charge in [0.05, 0.1) is 16.5 Å². The average Bonchev–Trinajstić information content (AvgIpc) is 2.80. The topological polar surface area (TPSA) is 57.0 Å². The summed E-state index contributed by atoms with van der Waals surface area (Å²) < 4.78 is 37.1. The highest BCUT2D eigenvalue weighted by Gasteiger charge is 2.49. The number of aromatic nitrogens is 1. The summed E-state index contributed by atoms with van der Waals surface area (Å²) in [5.41, 5.74) is -0.0309. The Bertz CT molecular complexity index is 742. The summed E-state index contributed by atoms with van der Waals surface area (Å²) in [6.07, 6.45) is 2.52. The van der Waals surface area contributed by atoms with Crippen LogP contribution in [0.2, 0.25) is 5.02 Å². The van der Waals surface area contributed by atoms with Crippen LogP contribution in [0.3, 0.4) is 0 Å². The van der Waals surface area contributed by atoms with Crippen molar-refractivity contribution in [3.8, 4) is 6.07 Å². The summed E-state index contributed by atoms with van der Waals surface area (Å²) in [6.45, 7) is 0. The zero-order valence-electron chi connectivity index (χ0n) is 13.1. The molecule has 2 unspecified atom stereocenters. The highest BCUT2D eigenvalue weighted by Crippen LogP contribution is 2.47. The van der Waals surface area contributed by atoms with Gasteiger partial charge in [0.1, 0.15) is 0 Å². The SMILES string of the molecule is N#CC1(c2cncc(Cl)c2)CC2CCC(C1)N2C=CC(=O)C(F)(F)F. The van der Waals surface area contributed by atoms with Crippen molar-refractivity contribution in [1.82, 2.24) is 9.88 Å². The van der Waals surface area contributed by atoms with Gasteiger partial charge in [0, 0.05) is 36.8 Å². The fourth-order valence-electron chi connectivity index (χ4n) is 3.84. The maximum absolute atomic E-state index is 12.4. The molecular weight excluding hydrogens is 355 g/mol. The summed E-state index contributed by atoms with van der Waals surface area (Å²) in [5.74, 6) is -1.87. The van der Waals surface area contributed by atoms with Crippen LogP contribution in [0.25, 0.3) is 0 Å².